The highest BCUT2D eigenvalue weighted by molar-refractivity contribution is 5.93. The molecular formula is C20H39N5O5. The Kier molecular flexibility index (Phi) is 13.7. The molecule has 0 aromatic carbocycles. The minimum Gasteiger partial charge on any atom is -0.480 e. The third kappa shape index (κ3) is 10.0. The predicted octanol–water partition coefficient (Wildman–Crippen LogP) is -0.295. The molecule has 3 amide bonds. The molecule has 0 saturated carbocycles. The van der Waals surface area contributed by atoms with E-state index in [1.165, 1.54) is 0 Å². The molecule has 0 radical (unpaired) electrons. The highest BCUT2D eigenvalue weighted by atomic mass is 16.4. The second kappa shape index (κ2) is 14.7. The summed E-state index contributed by atoms with van der Waals surface area (Å²) >= 11 is 0. The molecule has 174 valence electrons. The van der Waals surface area contributed by atoms with Crippen LogP contribution in [0.15, 0.2) is 0 Å². The fourth-order valence-corrected chi connectivity index (χ4v) is 2.77. The number of carboxylic acid groups (broad SMARTS) is 1. The first kappa shape index (κ1) is 27.8. The van der Waals surface area contributed by atoms with Crippen LogP contribution < -0.4 is 27.4 Å². The Morgan fingerprint density at radius 3 is 2.00 bits per heavy atom. The highest BCUT2D eigenvalue weighted by Gasteiger charge is 2.31. The van der Waals surface area contributed by atoms with E-state index in [-0.39, 0.29) is 11.8 Å². The van der Waals surface area contributed by atoms with Gasteiger partial charge in [-0.2, -0.15) is 0 Å². The summed E-state index contributed by atoms with van der Waals surface area (Å²) in [6.45, 7) is 7.41. The highest BCUT2D eigenvalue weighted by Crippen LogP contribution is 2.12. The molecule has 8 N–H and O–H groups in total. The number of rotatable bonds is 15. The van der Waals surface area contributed by atoms with Gasteiger partial charge in [0.25, 0.3) is 0 Å². The molecule has 0 heterocycles. The van der Waals surface area contributed by atoms with E-state index in [4.69, 9.17) is 16.6 Å². The first-order chi connectivity index (χ1) is 14.1. The van der Waals surface area contributed by atoms with Gasteiger partial charge in [0.1, 0.15) is 18.6 Å². The lowest BCUT2D eigenvalue weighted by molar-refractivity contribution is -0.138. The Bertz CT molecular complexity index is 572. The van der Waals surface area contributed by atoms with Gasteiger partial charge in [0, 0.05) is 0 Å². The van der Waals surface area contributed by atoms with Gasteiger partial charge in [0.2, 0.25) is 17.7 Å². The zero-order valence-corrected chi connectivity index (χ0v) is 18.6. The molecule has 0 spiro atoms. The maximum atomic E-state index is 12.9. The van der Waals surface area contributed by atoms with E-state index in [2.05, 4.69) is 16.0 Å². The Morgan fingerprint density at radius 1 is 0.900 bits per heavy atom. The lowest BCUT2D eigenvalue weighted by Gasteiger charge is -2.28. The van der Waals surface area contributed by atoms with Crippen LogP contribution >= 0.6 is 0 Å². The van der Waals surface area contributed by atoms with Gasteiger partial charge in [-0.3, -0.25) is 19.2 Å². The Hall–Kier alpha value is -2.20. The van der Waals surface area contributed by atoms with Crippen molar-refractivity contribution < 1.29 is 24.3 Å². The number of carbonyl (C=O) groups is 4. The monoisotopic (exact) mass is 429 g/mol. The van der Waals surface area contributed by atoms with E-state index in [9.17, 15) is 19.2 Å². The molecule has 10 nitrogen and oxygen atoms in total. The zero-order chi connectivity index (χ0) is 23.3. The molecule has 0 aromatic rings. The zero-order valence-electron chi connectivity index (χ0n) is 18.6. The number of carbonyl (C=O) groups excluding carboxylic acids is 3. The molecule has 0 aromatic heterocycles. The van der Waals surface area contributed by atoms with Crippen molar-refractivity contribution in [2.45, 2.75) is 77.9 Å². The van der Waals surface area contributed by atoms with Crippen LogP contribution in [0.1, 0.15) is 59.8 Å². The summed E-state index contributed by atoms with van der Waals surface area (Å²) in [6.07, 6.45) is 2.90. The van der Waals surface area contributed by atoms with E-state index >= 15 is 0 Å². The van der Waals surface area contributed by atoms with Crippen molar-refractivity contribution in [3.8, 4) is 0 Å². The molecule has 0 rings (SSSR count). The van der Waals surface area contributed by atoms with Crippen molar-refractivity contribution in [3.05, 3.63) is 0 Å². The molecule has 0 bridgehead atoms. The van der Waals surface area contributed by atoms with E-state index in [1.54, 1.807) is 0 Å². The maximum absolute atomic E-state index is 12.9. The molecule has 0 saturated heterocycles. The van der Waals surface area contributed by atoms with Crippen molar-refractivity contribution in [1.29, 1.82) is 0 Å². The number of hydrogen-bond donors (Lipinski definition) is 6. The van der Waals surface area contributed by atoms with Crippen molar-refractivity contribution in [1.82, 2.24) is 16.0 Å². The number of nitrogens with two attached hydrogens (primary N) is 2. The van der Waals surface area contributed by atoms with Crippen LogP contribution in [0.25, 0.3) is 0 Å². The summed E-state index contributed by atoms with van der Waals surface area (Å²) in [5.74, 6) is -2.93. The predicted molar refractivity (Wildman–Crippen MR) is 114 cm³/mol. The quantitative estimate of drug-likeness (QED) is 0.194. The Morgan fingerprint density at radius 2 is 1.50 bits per heavy atom. The van der Waals surface area contributed by atoms with Crippen molar-refractivity contribution in [2.24, 2.45) is 23.3 Å². The molecule has 5 unspecified atom stereocenters. The maximum Gasteiger partial charge on any atom is 0.322 e. The van der Waals surface area contributed by atoms with E-state index in [0.717, 1.165) is 6.42 Å². The number of unbranched alkanes of at least 4 members (excludes halogenated alkanes) is 1. The number of nitrogens with one attached hydrogen (secondary N) is 3. The SMILES string of the molecule is CCC(C)C(N)C(=O)NC(C(=O)NC(CCCCN)C(=O)NCC(=O)O)C(C)CC. The fraction of sp³-hybridized carbons (Fsp3) is 0.800. The summed E-state index contributed by atoms with van der Waals surface area (Å²) < 4.78 is 0. The van der Waals surface area contributed by atoms with E-state index in [1.807, 2.05) is 27.7 Å². The van der Waals surface area contributed by atoms with Gasteiger partial charge in [0.05, 0.1) is 6.04 Å². The van der Waals surface area contributed by atoms with Crippen LogP contribution in [-0.2, 0) is 19.2 Å². The van der Waals surface area contributed by atoms with Gasteiger partial charge in [0.15, 0.2) is 0 Å². The Labute approximate surface area is 178 Å². The van der Waals surface area contributed by atoms with Crippen molar-refractivity contribution in [2.75, 3.05) is 13.1 Å². The molecule has 0 aliphatic heterocycles. The van der Waals surface area contributed by atoms with Crippen LogP contribution in [0.3, 0.4) is 0 Å². The van der Waals surface area contributed by atoms with Crippen LogP contribution in [0.4, 0.5) is 0 Å². The lowest BCUT2D eigenvalue weighted by Crippen LogP contribution is -2.58. The molecular weight excluding hydrogens is 390 g/mol. The second-order valence-electron chi connectivity index (χ2n) is 7.74. The van der Waals surface area contributed by atoms with Gasteiger partial charge >= 0.3 is 5.97 Å². The van der Waals surface area contributed by atoms with Crippen LogP contribution in [0, 0.1) is 11.8 Å². The van der Waals surface area contributed by atoms with Crippen LogP contribution in [0.2, 0.25) is 0 Å². The third-order valence-corrected chi connectivity index (χ3v) is 5.35. The summed E-state index contributed by atoms with van der Waals surface area (Å²) in [6, 6.07) is -2.52. The minimum atomic E-state index is -1.18. The molecule has 10 heteroatoms. The molecule has 0 fully saturated rings. The standard InChI is InChI=1S/C20H39N5O5/c1-5-12(3)16(22)19(29)25-17(13(4)6-2)20(30)24-14(9-7-8-10-21)18(28)23-11-15(26)27/h12-14,16-17H,5-11,21-22H2,1-4H3,(H,23,28)(H,24,30)(H,25,29)(H,26,27). The van der Waals surface area contributed by atoms with Crippen LogP contribution in [0.5, 0.6) is 0 Å². The van der Waals surface area contributed by atoms with Gasteiger partial charge < -0.3 is 32.5 Å². The van der Waals surface area contributed by atoms with Gasteiger partial charge in [-0.25, -0.2) is 0 Å². The third-order valence-electron chi connectivity index (χ3n) is 5.35. The second-order valence-corrected chi connectivity index (χ2v) is 7.74. The average molecular weight is 430 g/mol. The average Bonchev–Trinajstić information content (AvgIpc) is 2.72. The molecule has 5 atom stereocenters. The topological polar surface area (TPSA) is 177 Å². The normalized spacial score (nSPS) is 15.9. The summed E-state index contributed by atoms with van der Waals surface area (Å²) in [5.41, 5.74) is 11.5. The first-order valence-corrected chi connectivity index (χ1v) is 10.6. The Balaban J connectivity index is 5.32. The largest absolute Gasteiger partial charge is 0.480 e. The van der Waals surface area contributed by atoms with Crippen LogP contribution in [-0.4, -0.2) is 60.0 Å². The molecule has 30 heavy (non-hydrogen) atoms. The fourth-order valence-electron chi connectivity index (χ4n) is 2.77. The van der Waals surface area contributed by atoms with E-state index < -0.39 is 48.4 Å². The number of carboxylic acids is 1. The summed E-state index contributed by atoms with van der Waals surface area (Å²) in [7, 11) is 0. The van der Waals surface area contributed by atoms with E-state index in [0.29, 0.717) is 32.2 Å². The van der Waals surface area contributed by atoms with Crippen molar-refractivity contribution in [3.63, 3.8) is 0 Å². The molecule has 0 aliphatic carbocycles. The number of aliphatic carboxylic acids is 1. The lowest BCUT2D eigenvalue weighted by atomic mass is 9.95. The van der Waals surface area contributed by atoms with Gasteiger partial charge in [-0.05, 0) is 37.6 Å². The number of hydrogen-bond acceptors (Lipinski definition) is 6. The summed E-state index contributed by atoms with van der Waals surface area (Å²) in [5, 5.41) is 16.4. The smallest absolute Gasteiger partial charge is 0.322 e. The summed E-state index contributed by atoms with van der Waals surface area (Å²) in [4.78, 5) is 48.6. The first-order valence-electron chi connectivity index (χ1n) is 10.6. The van der Waals surface area contributed by atoms with Gasteiger partial charge in [-0.1, -0.05) is 40.5 Å². The van der Waals surface area contributed by atoms with Crippen molar-refractivity contribution >= 4 is 23.7 Å². The van der Waals surface area contributed by atoms with Gasteiger partial charge in [-0.15, -0.1) is 0 Å². The molecule has 0 aliphatic rings. The minimum absolute atomic E-state index is 0.0450. The number of amides is 3.